The third-order valence-corrected chi connectivity index (χ3v) is 3.33. The van der Waals surface area contributed by atoms with Crippen molar-refractivity contribution in [3.63, 3.8) is 0 Å². The Morgan fingerprint density at radius 3 is 2.84 bits per heavy atom. The molecule has 0 spiro atoms. The number of hydrogen-bond donors (Lipinski definition) is 3. The first-order valence-corrected chi connectivity index (χ1v) is 6.53. The van der Waals surface area contributed by atoms with E-state index in [0.29, 0.717) is 6.54 Å². The van der Waals surface area contributed by atoms with E-state index in [2.05, 4.69) is 36.7 Å². The van der Waals surface area contributed by atoms with Crippen molar-refractivity contribution in [2.75, 3.05) is 5.32 Å². The van der Waals surface area contributed by atoms with Crippen LogP contribution in [-0.4, -0.2) is 20.5 Å². The molecule has 5 nitrogen and oxygen atoms in total. The summed E-state index contributed by atoms with van der Waals surface area (Å²) in [5.74, 6) is 0.276. The minimum absolute atomic E-state index is 0.276. The van der Waals surface area contributed by atoms with Crippen LogP contribution in [0.25, 0.3) is 11.0 Å². The molecule has 0 aliphatic carbocycles. The van der Waals surface area contributed by atoms with E-state index >= 15 is 0 Å². The number of halogens is 1. The van der Waals surface area contributed by atoms with Crippen LogP contribution in [0.1, 0.15) is 5.56 Å². The fraction of sp³-hybridized carbons (Fsp3) is 0.0769. The molecule has 3 aromatic rings. The van der Waals surface area contributed by atoms with Gasteiger partial charge in [0.25, 0.3) is 0 Å². The van der Waals surface area contributed by atoms with Gasteiger partial charge in [-0.3, -0.25) is 0 Å². The second kappa shape index (κ2) is 4.89. The Kier molecular flexibility index (Phi) is 3.08. The molecule has 0 saturated carbocycles. The number of phenols is 1. The van der Waals surface area contributed by atoms with Gasteiger partial charge < -0.3 is 10.4 Å². The highest BCUT2D eigenvalue weighted by Gasteiger charge is 2.03. The van der Waals surface area contributed by atoms with Gasteiger partial charge >= 0.3 is 0 Å². The summed E-state index contributed by atoms with van der Waals surface area (Å²) in [4.78, 5) is 0. The minimum Gasteiger partial charge on any atom is -0.508 e. The zero-order chi connectivity index (χ0) is 13.2. The molecule has 0 radical (unpaired) electrons. The maximum absolute atomic E-state index is 9.76. The summed E-state index contributed by atoms with van der Waals surface area (Å²) in [7, 11) is 0. The van der Waals surface area contributed by atoms with Crippen molar-refractivity contribution in [1.82, 2.24) is 15.4 Å². The monoisotopic (exact) mass is 318 g/mol. The summed E-state index contributed by atoms with van der Waals surface area (Å²) in [6.45, 7) is 0.536. The Labute approximate surface area is 117 Å². The number of phenolic OH excluding ortho intramolecular Hbond substituents is 1. The topological polar surface area (TPSA) is 73.8 Å². The van der Waals surface area contributed by atoms with Gasteiger partial charge in [-0.1, -0.05) is 15.9 Å². The molecule has 6 heteroatoms. The number of benzene rings is 2. The number of aromatic nitrogens is 3. The highest BCUT2D eigenvalue weighted by Crippen LogP contribution is 2.23. The second-order valence-corrected chi connectivity index (χ2v) is 5.07. The molecule has 0 aliphatic heterocycles. The van der Waals surface area contributed by atoms with Crippen LogP contribution in [0.3, 0.4) is 0 Å². The van der Waals surface area contributed by atoms with Gasteiger partial charge in [-0.25, -0.2) is 0 Å². The van der Waals surface area contributed by atoms with Gasteiger partial charge in [0, 0.05) is 22.3 Å². The summed E-state index contributed by atoms with van der Waals surface area (Å²) in [6.07, 6.45) is 0. The summed E-state index contributed by atoms with van der Waals surface area (Å²) < 4.78 is 0.939. The first-order chi connectivity index (χ1) is 9.22. The van der Waals surface area contributed by atoms with Crippen LogP contribution in [0.5, 0.6) is 5.75 Å². The largest absolute Gasteiger partial charge is 0.508 e. The number of nitrogens with one attached hydrogen (secondary N) is 2. The molecule has 0 aliphatic rings. The number of rotatable bonds is 3. The maximum atomic E-state index is 9.76. The molecular formula is C13H11BrN4O. The highest BCUT2D eigenvalue weighted by molar-refractivity contribution is 9.10. The van der Waals surface area contributed by atoms with Gasteiger partial charge in [0.15, 0.2) is 0 Å². The molecule has 0 unspecified atom stereocenters. The van der Waals surface area contributed by atoms with Crippen LogP contribution in [0.4, 0.5) is 5.69 Å². The lowest BCUT2D eigenvalue weighted by molar-refractivity contribution is 0.469. The van der Waals surface area contributed by atoms with Crippen LogP contribution in [0.15, 0.2) is 40.9 Å². The normalized spacial score (nSPS) is 10.8. The molecule has 3 rings (SSSR count). The van der Waals surface area contributed by atoms with Gasteiger partial charge in [0.05, 0.1) is 0 Å². The molecule has 1 aromatic heterocycles. The number of H-pyrrole nitrogens is 1. The predicted octanol–water partition coefficient (Wildman–Crippen LogP) is 3.04. The van der Waals surface area contributed by atoms with Crippen molar-refractivity contribution in [3.8, 4) is 5.75 Å². The first kappa shape index (κ1) is 12.0. The standard InChI is InChI=1S/C13H11BrN4O/c14-9-1-4-13(19)8(5-9)7-15-10-2-3-11-12(6-10)17-18-16-11/h1-6,15,19H,7H2,(H,16,17,18). The van der Waals surface area contributed by atoms with E-state index in [4.69, 9.17) is 0 Å². The molecule has 0 saturated heterocycles. The summed E-state index contributed by atoms with van der Waals surface area (Å²) in [5.41, 5.74) is 3.40. The maximum Gasteiger partial charge on any atom is 0.120 e. The molecule has 2 aromatic carbocycles. The summed E-state index contributed by atoms with van der Waals surface area (Å²) in [6, 6.07) is 11.1. The van der Waals surface area contributed by atoms with Crippen LogP contribution in [-0.2, 0) is 6.54 Å². The van der Waals surface area contributed by atoms with Crippen LogP contribution >= 0.6 is 15.9 Å². The average molecular weight is 319 g/mol. The van der Waals surface area contributed by atoms with Gasteiger partial charge in [-0.15, -0.1) is 0 Å². The molecule has 0 amide bonds. The van der Waals surface area contributed by atoms with E-state index in [0.717, 1.165) is 26.8 Å². The zero-order valence-corrected chi connectivity index (χ0v) is 11.5. The molecular weight excluding hydrogens is 308 g/mol. The van der Waals surface area contributed by atoms with E-state index in [-0.39, 0.29) is 5.75 Å². The number of nitrogens with zero attached hydrogens (tertiary/aromatic N) is 2. The van der Waals surface area contributed by atoms with Crippen molar-refractivity contribution in [3.05, 3.63) is 46.4 Å². The third kappa shape index (κ3) is 2.53. The molecule has 0 bridgehead atoms. The molecule has 96 valence electrons. The van der Waals surface area contributed by atoms with Crippen molar-refractivity contribution in [2.24, 2.45) is 0 Å². The predicted molar refractivity (Wildman–Crippen MR) is 77.0 cm³/mol. The van der Waals surface area contributed by atoms with E-state index < -0.39 is 0 Å². The number of fused-ring (bicyclic) bond motifs is 1. The smallest absolute Gasteiger partial charge is 0.120 e. The first-order valence-electron chi connectivity index (χ1n) is 5.74. The Morgan fingerprint density at radius 2 is 1.95 bits per heavy atom. The fourth-order valence-electron chi connectivity index (χ4n) is 1.84. The van der Waals surface area contributed by atoms with E-state index in [1.165, 1.54) is 0 Å². The Morgan fingerprint density at radius 1 is 1.11 bits per heavy atom. The molecule has 1 heterocycles. The fourth-order valence-corrected chi connectivity index (χ4v) is 2.25. The zero-order valence-electron chi connectivity index (χ0n) is 9.89. The van der Waals surface area contributed by atoms with E-state index in [1.807, 2.05) is 24.3 Å². The lowest BCUT2D eigenvalue weighted by atomic mass is 10.2. The second-order valence-electron chi connectivity index (χ2n) is 4.15. The van der Waals surface area contributed by atoms with Gasteiger partial charge in [0.2, 0.25) is 0 Å². The van der Waals surface area contributed by atoms with E-state index in [1.54, 1.807) is 12.1 Å². The van der Waals surface area contributed by atoms with Crippen molar-refractivity contribution in [1.29, 1.82) is 0 Å². The Balaban J connectivity index is 1.79. The molecule has 0 atom stereocenters. The Hall–Kier alpha value is -2.08. The molecule has 0 fully saturated rings. The van der Waals surface area contributed by atoms with Gasteiger partial charge in [-0.2, -0.15) is 15.4 Å². The van der Waals surface area contributed by atoms with Crippen LogP contribution < -0.4 is 5.32 Å². The van der Waals surface area contributed by atoms with E-state index in [9.17, 15) is 5.11 Å². The molecule has 3 N–H and O–H groups in total. The lowest BCUT2D eigenvalue weighted by Crippen LogP contribution is -1.99. The highest BCUT2D eigenvalue weighted by atomic mass is 79.9. The SMILES string of the molecule is Oc1ccc(Br)cc1CNc1ccc2n[nH]nc2c1. The average Bonchev–Trinajstić information content (AvgIpc) is 2.87. The minimum atomic E-state index is 0.276. The quantitative estimate of drug-likeness (QED) is 0.694. The lowest BCUT2D eigenvalue weighted by Gasteiger charge is -2.08. The Bertz CT molecular complexity index is 725. The van der Waals surface area contributed by atoms with Crippen molar-refractivity contribution < 1.29 is 5.11 Å². The number of anilines is 1. The van der Waals surface area contributed by atoms with Gasteiger partial charge in [0.1, 0.15) is 16.8 Å². The summed E-state index contributed by atoms with van der Waals surface area (Å²) in [5, 5.41) is 23.6. The van der Waals surface area contributed by atoms with Crippen molar-refractivity contribution >= 4 is 32.7 Å². The number of aromatic hydroxyl groups is 1. The van der Waals surface area contributed by atoms with Gasteiger partial charge in [-0.05, 0) is 36.4 Å². The number of hydrogen-bond acceptors (Lipinski definition) is 4. The van der Waals surface area contributed by atoms with Crippen molar-refractivity contribution in [2.45, 2.75) is 6.54 Å². The molecule has 19 heavy (non-hydrogen) atoms. The summed E-state index contributed by atoms with van der Waals surface area (Å²) >= 11 is 3.39. The van der Waals surface area contributed by atoms with Crippen LogP contribution in [0.2, 0.25) is 0 Å². The van der Waals surface area contributed by atoms with Crippen LogP contribution in [0, 0.1) is 0 Å². The number of aromatic amines is 1. The third-order valence-electron chi connectivity index (χ3n) is 2.84.